The van der Waals surface area contributed by atoms with Crippen molar-refractivity contribution in [2.24, 2.45) is 17.8 Å². The Hall–Kier alpha value is -0.0600. The molecule has 21 heavy (non-hydrogen) atoms. The summed E-state index contributed by atoms with van der Waals surface area (Å²) in [6.07, 6.45) is 7.14. The standard InChI is InChI=1S/C17H28FNOS/c1-5-17(19-21(20)15(2,3)4)13-7-6-12-8-14(17)11-16(18,9-12)10-13/h5,12-14,19H,1,6-11H2,2-4H3/t12?,13-,14+,16-,17-,21?/m0/s1. The molecular weight excluding hydrogens is 285 g/mol. The summed E-state index contributed by atoms with van der Waals surface area (Å²) in [6.45, 7) is 10.00. The van der Waals surface area contributed by atoms with Crippen LogP contribution in [-0.2, 0) is 11.4 Å². The predicted octanol–water partition coefficient (Wildman–Crippen LogP) is 3.90. The normalized spacial score (nSPS) is 47.2. The molecule has 4 bridgehead atoms. The summed E-state index contributed by atoms with van der Waals surface area (Å²) >= 11 is -1.14. The lowest BCUT2D eigenvalue weighted by molar-refractivity contribution is -0.0391. The van der Waals surface area contributed by atoms with Gasteiger partial charge in [-0.05, 0) is 77.0 Å². The molecule has 4 rings (SSSR count). The van der Waals surface area contributed by atoms with Crippen LogP contribution in [0.5, 0.6) is 0 Å². The van der Waals surface area contributed by atoms with Gasteiger partial charge in [-0.1, -0.05) is 6.08 Å². The molecule has 0 spiro atoms. The van der Waals surface area contributed by atoms with E-state index in [1.54, 1.807) is 0 Å². The van der Waals surface area contributed by atoms with Crippen molar-refractivity contribution >= 4 is 11.4 Å². The van der Waals surface area contributed by atoms with Gasteiger partial charge in [-0.25, -0.2) is 4.39 Å². The molecule has 0 aliphatic heterocycles. The molecule has 0 aromatic carbocycles. The highest BCUT2D eigenvalue weighted by Crippen LogP contribution is 2.59. The lowest BCUT2D eigenvalue weighted by atomic mass is 9.57. The Balaban J connectivity index is 1.93. The van der Waals surface area contributed by atoms with Crippen LogP contribution in [0.3, 0.4) is 0 Å². The molecule has 120 valence electrons. The number of fused-ring (bicyclic) bond motifs is 1. The molecule has 4 aliphatic carbocycles. The number of alkyl halides is 1. The van der Waals surface area contributed by atoms with Crippen LogP contribution in [0.25, 0.3) is 0 Å². The van der Waals surface area contributed by atoms with Gasteiger partial charge in [-0.15, -0.1) is 11.3 Å². The van der Waals surface area contributed by atoms with Crippen molar-refractivity contribution < 1.29 is 8.94 Å². The van der Waals surface area contributed by atoms with E-state index >= 15 is 4.39 Å². The van der Waals surface area contributed by atoms with Gasteiger partial charge < -0.3 is 4.55 Å². The number of halogens is 1. The van der Waals surface area contributed by atoms with Gasteiger partial charge in [0.1, 0.15) is 10.4 Å². The van der Waals surface area contributed by atoms with Crippen molar-refractivity contribution in [2.75, 3.05) is 0 Å². The maximum absolute atomic E-state index is 15.1. The summed E-state index contributed by atoms with van der Waals surface area (Å²) in [5.41, 5.74) is -1.32. The second-order valence-corrected chi connectivity index (χ2v) is 10.4. The summed E-state index contributed by atoms with van der Waals surface area (Å²) in [7, 11) is 0. The molecule has 0 amide bonds. The fourth-order valence-electron chi connectivity index (χ4n) is 4.94. The molecule has 2 unspecified atom stereocenters. The molecule has 4 heteroatoms. The Morgan fingerprint density at radius 3 is 2.52 bits per heavy atom. The van der Waals surface area contributed by atoms with Crippen LogP contribution in [0.15, 0.2) is 12.7 Å². The van der Waals surface area contributed by atoms with Crippen molar-refractivity contribution in [3.63, 3.8) is 0 Å². The maximum Gasteiger partial charge on any atom is 0.136 e. The third-order valence-electron chi connectivity index (χ3n) is 5.93. The topological polar surface area (TPSA) is 35.1 Å². The average molecular weight is 313 g/mol. The molecule has 0 aromatic heterocycles. The van der Waals surface area contributed by atoms with Crippen LogP contribution in [0.1, 0.15) is 59.3 Å². The zero-order valence-electron chi connectivity index (χ0n) is 13.5. The van der Waals surface area contributed by atoms with Gasteiger partial charge in [-0.3, -0.25) is 0 Å². The lowest BCUT2D eigenvalue weighted by Gasteiger charge is -2.54. The van der Waals surface area contributed by atoms with Gasteiger partial charge >= 0.3 is 0 Å². The number of hydrogen-bond donors (Lipinski definition) is 1. The highest BCUT2D eigenvalue weighted by molar-refractivity contribution is 7.90. The van der Waals surface area contributed by atoms with E-state index in [9.17, 15) is 4.55 Å². The second kappa shape index (κ2) is 4.97. The maximum atomic E-state index is 15.1. The van der Waals surface area contributed by atoms with Gasteiger partial charge in [0.05, 0.1) is 5.54 Å². The van der Waals surface area contributed by atoms with Crippen molar-refractivity contribution in [1.82, 2.24) is 4.72 Å². The van der Waals surface area contributed by atoms with E-state index in [-0.39, 0.29) is 22.1 Å². The van der Waals surface area contributed by atoms with E-state index in [2.05, 4.69) is 11.3 Å². The summed E-state index contributed by atoms with van der Waals surface area (Å²) < 4.78 is 30.8. The third-order valence-corrected chi connectivity index (χ3v) is 7.59. The Morgan fingerprint density at radius 2 is 1.90 bits per heavy atom. The summed E-state index contributed by atoms with van der Waals surface area (Å²) in [5.74, 6) is 0.981. The Kier molecular flexibility index (Phi) is 3.74. The van der Waals surface area contributed by atoms with Crippen LogP contribution in [0.2, 0.25) is 0 Å². The quantitative estimate of drug-likeness (QED) is 0.633. The Labute approximate surface area is 131 Å². The minimum absolute atomic E-state index is 0.234. The molecule has 4 aliphatic rings. The second-order valence-electron chi connectivity index (χ2n) is 8.46. The highest BCUT2D eigenvalue weighted by Gasteiger charge is 2.61. The summed E-state index contributed by atoms with van der Waals surface area (Å²) in [5, 5.41) is 0. The molecule has 2 nitrogen and oxygen atoms in total. The SMILES string of the molecule is C=C[C@@]1(N[S+]([O-])C(C)(C)C)[C@@H]2CC3CC[C@H]1C[C@@](F)(C3)C2. The minimum Gasteiger partial charge on any atom is -0.598 e. The highest BCUT2D eigenvalue weighted by atomic mass is 32.2. The molecule has 0 radical (unpaired) electrons. The Morgan fingerprint density at radius 1 is 1.24 bits per heavy atom. The number of rotatable bonds is 3. The molecule has 4 saturated carbocycles. The van der Waals surface area contributed by atoms with Gasteiger partial charge in [0.25, 0.3) is 0 Å². The Bertz CT molecular complexity index is 433. The molecular formula is C17H28FNOS. The molecule has 1 N–H and O–H groups in total. The summed E-state index contributed by atoms with van der Waals surface area (Å²) in [4.78, 5) is 0. The fourth-order valence-corrected chi connectivity index (χ4v) is 5.98. The van der Waals surface area contributed by atoms with Crippen LogP contribution in [0, 0.1) is 17.8 Å². The molecule has 6 atom stereocenters. The van der Waals surface area contributed by atoms with Crippen molar-refractivity contribution in [3.05, 3.63) is 12.7 Å². The van der Waals surface area contributed by atoms with Crippen LogP contribution < -0.4 is 4.72 Å². The summed E-state index contributed by atoms with van der Waals surface area (Å²) in [6, 6.07) is 0. The average Bonchev–Trinajstić information content (AvgIpc) is 2.55. The van der Waals surface area contributed by atoms with E-state index < -0.39 is 17.0 Å². The van der Waals surface area contributed by atoms with Gasteiger partial charge in [-0.2, -0.15) is 0 Å². The van der Waals surface area contributed by atoms with Crippen molar-refractivity contribution in [1.29, 1.82) is 0 Å². The predicted molar refractivity (Wildman–Crippen MR) is 86.0 cm³/mol. The van der Waals surface area contributed by atoms with Gasteiger partial charge in [0.2, 0.25) is 0 Å². The first kappa shape index (κ1) is 15.8. The van der Waals surface area contributed by atoms with E-state index in [0.717, 1.165) is 25.7 Å². The van der Waals surface area contributed by atoms with Gasteiger partial charge in [0.15, 0.2) is 0 Å². The van der Waals surface area contributed by atoms with Crippen LogP contribution in [0.4, 0.5) is 4.39 Å². The zero-order chi connectivity index (χ0) is 15.5. The van der Waals surface area contributed by atoms with E-state index in [1.807, 2.05) is 26.8 Å². The molecule has 0 saturated heterocycles. The lowest BCUT2D eigenvalue weighted by Crippen LogP contribution is -2.64. The first-order chi connectivity index (χ1) is 9.68. The third kappa shape index (κ3) is 2.57. The number of hydrogen-bond acceptors (Lipinski definition) is 2. The van der Waals surface area contributed by atoms with Crippen LogP contribution in [-0.4, -0.2) is 20.5 Å². The number of nitrogens with one attached hydrogen (secondary N) is 1. The molecule has 0 heterocycles. The van der Waals surface area contributed by atoms with E-state index in [0.29, 0.717) is 18.8 Å². The smallest absolute Gasteiger partial charge is 0.136 e. The van der Waals surface area contributed by atoms with Gasteiger partial charge in [0, 0.05) is 11.4 Å². The van der Waals surface area contributed by atoms with E-state index in [1.165, 1.54) is 0 Å². The fraction of sp³-hybridized carbons (Fsp3) is 0.882. The van der Waals surface area contributed by atoms with Crippen LogP contribution >= 0.6 is 0 Å². The first-order valence-electron chi connectivity index (χ1n) is 8.21. The molecule has 4 fully saturated rings. The zero-order valence-corrected chi connectivity index (χ0v) is 14.3. The minimum atomic E-state index is -1.14. The monoisotopic (exact) mass is 313 g/mol. The first-order valence-corrected chi connectivity index (χ1v) is 9.36. The largest absolute Gasteiger partial charge is 0.598 e. The molecule has 0 aromatic rings. The van der Waals surface area contributed by atoms with Crippen molar-refractivity contribution in [2.45, 2.75) is 75.3 Å². The van der Waals surface area contributed by atoms with E-state index in [4.69, 9.17) is 0 Å². The van der Waals surface area contributed by atoms with Crippen molar-refractivity contribution in [3.8, 4) is 0 Å².